The van der Waals surface area contributed by atoms with E-state index >= 15 is 0 Å². The van der Waals surface area contributed by atoms with Crippen LogP contribution in [0.4, 0.5) is 8.78 Å². The minimum absolute atomic E-state index is 0.636. The number of carboxylic acid groups (broad SMARTS) is 1. The van der Waals surface area contributed by atoms with E-state index in [1.807, 2.05) is 0 Å². The van der Waals surface area contributed by atoms with Gasteiger partial charge >= 0.3 is 12.6 Å². The fraction of sp³-hybridized carbons (Fsp3) is 0.167. The number of hydrogen-bond donors (Lipinski definition) is 1. The van der Waals surface area contributed by atoms with Crippen LogP contribution in [0.25, 0.3) is 0 Å². The van der Waals surface area contributed by atoms with Crippen molar-refractivity contribution < 1.29 is 23.4 Å². The minimum Gasteiger partial charge on any atom is -0.476 e. The lowest BCUT2D eigenvalue weighted by Crippen LogP contribution is -2.10. The van der Waals surface area contributed by atoms with Gasteiger partial charge in [0.05, 0.1) is 0 Å². The Morgan fingerprint density at radius 2 is 2.08 bits per heavy atom. The first-order valence-corrected chi connectivity index (χ1v) is 3.10. The van der Waals surface area contributed by atoms with Crippen LogP contribution in [0, 0.1) is 0 Å². The second kappa shape index (κ2) is 3.74. The van der Waals surface area contributed by atoms with Gasteiger partial charge in [-0.1, -0.05) is 0 Å². The van der Waals surface area contributed by atoms with Gasteiger partial charge in [0.1, 0.15) is 0 Å². The van der Waals surface area contributed by atoms with Crippen LogP contribution in [0.1, 0.15) is 10.5 Å². The Labute approximate surface area is 71.0 Å². The maximum atomic E-state index is 11.7. The normalized spacial score (nSPS) is 10.1. The van der Waals surface area contributed by atoms with Gasteiger partial charge in [-0.15, -0.1) is 0 Å². The topological polar surface area (TPSA) is 72.3 Å². The number of halogens is 2. The van der Waals surface area contributed by atoms with Crippen molar-refractivity contribution in [2.45, 2.75) is 6.61 Å². The minimum atomic E-state index is -3.12. The molecule has 0 aliphatic heterocycles. The van der Waals surface area contributed by atoms with Gasteiger partial charge in [0, 0.05) is 12.4 Å². The zero-order chi connectivity index (χ0) is 9.84. The number of alkyl halides is 2. The van der Waals surface area contributed by atoms with Crippen molar-refractivity contribution >= 4 is 5.97 Å². The van der Waals surface area contributed by atoms with E-state index < -0.39 is 24.2 Å². The van der Waals surface area contributed by atoms with E-state index in [2.05, 4.69) is 14.7 Å². The van der Waals surface area contributed by atoms with Crippen molar-refractivity contribution in [3.8, 4) is 5.88 Å². The average molecular weight is 190 g/mol. The summed E-state index contributed by atoms with van der Waals surface area (Å²) in [5.74, 6) is -2.16. The van der Waals surface area contributed by atoms with E-state index in [-0.39, 0.29) is 0 Å². The molecule has 7 heteroatoms. The van der Waals surface area contributed by atoms with Crippen LogP contribution in [0.3, 0.4) is 0 Å². The molecular formula is C6H4F2N2O3. The van der Waals surface area contributed by atoms with Crippen LogP contribution in [0.5, 0.6) is 5.88 Å². The lowest BCUT2D eigenvalue weighted by atomic mass is 10.4. The Bertz CT molecular complexity index is 319. The molecule has 5 nitrogen and oxygen atoms in total. The molecule has 0 saturated carbocycles. The summed E-state index contributed by atoms with van der Waals surface area (Å²) in [5, 5.41) is 8.45. The first-order valence-electron chi connectivity index (χ1n) is 3.10. The number of nitrogens with zero attached hydrogens (tertiary/aromatic N) is 2. The van der Waals surface area contributed by atoms with Gasteiger partial charge in [-0.2, -0.15) is 8.78 Å². The third-order valence-electron chi connectivity index (χ3n) is 1.07. The van der Waals surface area contributed by atoms with E-state index in [1.54, 1.807) is 0 Å². The molecule has 13 heavy (non-hydrogen) atoms. The summed E-state index contributed by atoms with van der Waals surface area (Å²) in [6.45, 7) is -3.12. The van der Waals surface area contributed by atoms with Crippen LogP contribution in [-0.2, 0) is 0 Å². The summed E-state index contributed by atoms with van der Waals surface area (Å²) in [4.78, 5) is 17.0. The largest absolute Gasteiger partial charge is 0.476 e. The molecule has 1 aromatic rings. The monoisotopic (exact) mass is 190 g/mol. The second-order valence-corrected chi connectivity index (χ2v) is 1.89. The molecule has 0 amide bonds. The first-order chi connectivity index (χ1) is 6.11. The number of carbonyl (C=O) groups is 1. The number of aromatic nitrogens is 2. The Morgan fingerprint density at radius 1 is 1.46 bits per heavy atom. The van der Waals surface area contributed by atoms with Crippen molar-refractivity contribution in [3.63, 3.8) is 0 Å². The van der Waals surface area contributed by atoms with Crippen LogP contribution in [0.2, 0.25) is 0 Å². The molecule has 0 aromatic carbocycles. The number of hydrogen-bond acceptors (Lipinski definition) is 4. The van der Waals surface area contributed by atoms with Gasteiger partial charge in [0.25, 0.3) is 5.88 Å². The van der Waals surface area contributed by atoms with Gasteiger partial charge in [0.2, 0.25) is 5.69 Å². The lowest BCUT2D eigenvalue weighted by Gasteiger charge is -2.03. The van der Waals surface area contributed by atoms with Crippen LogP contribution >= 0.6 is 0 Å². The van der Waals surface area contributed by atoms with Crippen LogP contribution < -0.4 is 4.74 Å². The molecule has 0 bridgehead atoms. The van der Waals surface area contributed by atoms with Crippen molar-refractivity contribution in [1.82, 2.24) is 9.97 Å². The summed E-state index contributed by atoms with van der Waals surface area (Å²) in [7, 11) is 0. The molecule has 0 saturated heterocycles. The van der Waals surface area contributed by atoms with E-state index in [9.17, 15) is 13.6 Å². The Morgan fingerprint density at radius 3 is 2.62 bits per heavy atom. The molecule has 70 valence electrons. The van der Waals surface area contributed by atoms with Gasteiger partial charge < -0.3 is 9.84 Å². The summed E-state index contributed by atoms with van der Waals surface area (Å²) < 4.78 is 27.2. The predicted molar refractivity (Wildman–Crippen MR) is 35.6 cm³/mol. The molecule has 0 fully saturated rings. The summed E-state index contributed by atoms with van der Waals surface area (Å²) >= 11 is 0. The molecule has 0 unspecified atom stereocenters. The zero-order valence-corrected chi connectivity index (χ0v) is 6.15. The lowest BCUT2D eigenvalue weighted by molar-refractivity contribution is -0.0536. The van der Waals surface area contributed by atoms with Crippen LogP contribution in [-0.4, -0.2) is 27.7 Å². The Balaban J connectivity index is 2.98. The van der Waals surface area contributed by atoms with Crippen molar-refractivity contribution in [3.05, 3.63) is 18.1 Å². The smallest absolute Gasteiger partial charge is 0.388 e. The number of carboxylic acids is 1. The number of aromatic carboxylic acids is 1. The molecule has 1 aromatic heterocycles. The highest BCUT2D eigenvalue weighted by Crippen LogP contribution is 2.13. The van der Waals surface area contributed by atoms with Gasteiger partial charge in [-0.3, -0.25) is 0 Å². The molecule has 0 atom stereocenters. The van der Waals surface area contributed by atoms with E-state index in [4.69, 9.17) is 5.11 Å². The SMILES string of the molecule is O=C(O)c1nccnc1OC(F)F. The average Bonchev–Trinajstić information content (AvgIpc) is 2.03. The summed E-state index contributed by atoms with van der Waals surface area (Å²) in [6, 6.07) is 0. The first kappa shape index (κ1) is 9.30. The fourth-order valence-corrected chi connectivity index (χ4v) is 0.643. The standard InChI is InChI=1S/C6H4F2N2O3/c7-6(8)13-4-3(5(11)12)9-1-2-10-4/h1-2,6H,(H,11,12). The van der Waals surface area contributed by atoms with E-state index in [1.165, 1.54) is 0 Å². The number of rotatable bonds is 3. The van der Waals surface area contributed by atoms with Crippen molar-refractivity contribution in [2.75, 3.05) is 0 Å². The van der Waals surface area contributed by atoms with Gasteiger partial charge in [0.15, 0.2) is 0 Å². The van der Waals surface area contributed by atoms with Gasteiger partial charge in [-0.05, 0) is 0 Å². The molecule has 1 rings (SSSR count). The molecular weight excluding hydrogens is 186 g/mol. The zero-order valence-electron chi connectivity index (χ0n) is 6.15. The highest BCUT2D eigenvalue weighted by Gasteiger charge is 2.16. The Kier molecular flexibility index (Phi) is 2.68. The highest BCUT2D eigenvalue weighted by atomic mass is 19.3. The Hall–Kier alpha value is -1.79. The second-order valence-electron chi connectivity index (χ2n) is 1.89. The van der Waals surface area contributed by atoms with Crippen molar-refractivity contribution in [1.29, 1.82) is 0 Å². The summed E-state index contributed by atoms with van der Waals surface area (Å²) in [5.41, 5.74) is -0.636. The molecule has 0 spiro atoms. The molecule has 0 aliphatic carbocycles. The maximum absolute atomic E-state index is 11.7. The quantitative estimate of drug-likeness (QED) is 0.762. The van der Waals surface area contributed by atoms with Crippen LogP contribution in [0.15, 0.2) is 12.4 Å². The summed E-state index contributed by atoms with van der Waals surface area (Å²) in [6.07, 6.45) is 2.13. The van der Waals surface area contributed by atoms with Crippen molar-refractivity contribution in [2.24, 2.45) is 0 Å². The van der Waals surface area contributed by atoms with Gasteiger partial charge in [-0.25, -0.2) is 14.8 Å². The van der Waals surface area contributed by atoms with E-state index in [0.717, 1.165) is 12.4 Å². The molecule has 0 radical (unpaired) electrons. The number of ether oxygens (including phenoxy) is 1. The molecule has 1 N–H and O–H groups in total. The fourth-order valence-electron chi connectivity index (χ4n) is 0.643. The molecule has 0 aliphatic rings. The third-order valence-corrected chi connectivity index (χ3v) is 1.07. The highest BCUT2D eigenvalue weighted by molar-refractivity contribution is 5.87. The predicted octanol–water partition coefficient (Wildman–Crippen LogP) is 0.776. The molecule has 1 heterocycles. The third kappa shape index (κ3) is 2.32. The van der Waals surface area contributed by atoms with E-state index in [0.29, 0.717) is 0 Å². The maximum Gasteiger partial charge on any atom is 0.388 e.